The first-order chi connectivity index (χ1) is 10.2. The molecule has 0 spiro atoms. The number of nitrogens with zero attached hydrogens (tertiary/aromatic N) is 1. The Kier molecular flexibility index (Phi) is 3.85. The fourth-order valence-corrected chi connectivity index (χ4v) is 2.55. The molecule has 0 bridgehead atoms. The van der Waals surface area contributed by atoms with Gasteiger partial charge in [0.2, 0.25) is 6.79 Å². The van der Waals surface area contributed by atoms with Gasteiger partial charge in [0.1, 0.15) is 0 Å². The fourth-order valence-electron chi connectivity index (χ4n) is 2.55. The average molecular weight is 294 g/mol. The summed E-state index contributed by atoms with van der Waals surface area (Å²) in [5.74, 6) is 1.11. The van der Waals surface area contributed by atoms with E-state index in [1.54, 1.807) is 23.1 Å². The zero-order valence-corrected chi connectivity index (χ0v) is 11.5. The molecule has 2 heterocycles. The van der Waals surface area contributed by atoms with Crippen molar-refractivity contribution in [3.8, 4) is 11.5 Å². The van der Waals surface area contributed by atoms with Crippen molar-refractivity contribution in [1.29, 1.82) is 0 Å². The van der Waals surface area contributed by atoms with Gasteiger partial charge in [-0.05, 0) is 18.6 Å². The van der Waals surface area contributed by atoms with Crippen molar-refractivity contribution in [3.05, 3.63) is 18.2 Å². The van der Waals surface area contributed by atoms with Crippen LogP contribution in [0.1, 0.15) is 6.42 Å². The summed E-state index contributed by atoms with van der Waals surface area (Å²) in [6, 6.07) is 4.91. The second-order valence-corrected chi connectivity index (χ2v) is 5.24. The molecule has 2 aliphatic heterocycles. The lowest BCUT2D eigenvalue weighted by molar-refractivity contribution is 0.0123. The van der Waals surface area contributed by atoms with Gasteiger partial charge >= 0.3 is 6.03 Å². The topological polar surface area (TPSA) is 91.3 Å². The summed E-state index contributed by atoms with van der Waals surface area (Å²) in [5, 5.41) is 21.7. The Labute approximate surface area is 122 Å². The van der Waals surface area contributed by atoms with Gasteiger partial charge in [-0.1, -0.05) is 0 Å². The third-order valence-electron chi connectivity index (χ3n) is 3.87. The first kappa shape index (κ1) is 14.0. The van der Waals surface area contributed by atoms with E-state index in [1.165, 1.54) is 0 Å². The number of carbonyl (C=O) groups excluding carboxylic acids is 1. The number of fused-ring (bicyclic) bond motifs is 1. The molecule has 7 heteroatoms. The summed E-state index contributed by atoms with van der Waals surface area (Å²) < 4.78 is 10.5. The van der Waals surface area contributed by atoms with E-state index in [4.69, 9.17) is 14.6 Å². The van der Waals surface area contributed by atoms with Crippen LogP contribution in [0.2, 0.25) is 0 Å². The Morgan fingerprint density at radius 3 is 2.95 bits per heavy atom. The van der Waals surface area contributed by atoms with Gasteiger partial charge in [0, 0.05) is 37.4 Å². The maximum Gasteiger partial charge on any atom is 0.321 e. The van der Waals surface area contributed by atoms with E-state index in [9.17, 15) is 9.90 Å². The van der Waals surface area contributed by atoms with Gasteiger partial charge in [0.25, 0.3) is 0 Å². The lowest BCUT2D eigenvalue weighted by atomic mass is 9.95. The third kappa shape index (κ3) is 2.88. The van der Waals surface area contributed by atoms with Crippen molar-refractivity contribution in [2.75, 3.05) is 31.8 Å². The third-order valence-corrected chi connectivity index (χ3v) is 3.87. The maximum absolute atomic E-state index is 12.2. The first-order valence-electron chi connectivity index (χ1n) is 6.92. The highest BCUT2D eigenvalue weighted by molar-refractivity contribution is 5.89. The predicted octanol–water partition coefficient (Wildman–Crippen LogP) is 0.622. The number of piperidine rings is 1. The highest BCUT2D eigenvalue weighted by Gasteiger charge is 2.29. The molecular weight excluding hydrogens is 276 g/mol. The molecule has 7 nitrogen and oxygen atoms in total. The molecule has 0 unspecified atom stereocenters. The molecule has 3 rings (SSSR count). The summed E-state index contributed by atoms with van der Waals surface area (Å²) in [5.41, 5.74) is 0.614. The van der Waals surface area contributed by atoms with Crippen molar-refractivity contribution >= 4 is 11.7 Å². The van der Waals surface area contributed by atoms with Crippen molar-refractivity contribution < 1.29 is 24.5 Å². The number of anilines is 1. The van der Waals surface area contributed by atoms with Crippen LogP contribution in [0.25, 0.3) is 0 Å². The van der Waals surface area contributed by atoms with E-state index in [-0.39, 0.29) is 31.9 Å². The number of aliphatic hydroxyl groups is 2. The van der Waals surface area contributed by atoms with Crippen LogP contribution in [0.15, 0.2) is 18.2 Å². The van der Waals surface area contributed by atoms with Gasteiger partial charge in [-0.25, -0.2) is 4.79 Å². The van der Waals surface area contributed by atoms with Gasteiger partial charge in [-0.15, -0.1) is 0 Å². The Hall–Kier alpha value is -1.99. The number of hydrogen-bond donors (Lipinski definition) is 3. The normalized spacial score (nSPS) is 24.0. The standard InChI is InChI=1S/C14H18N2O5/c17-7-9-3-4-16(6-11(9)18)14(19)15-10-1-2-12-13(5-10)21-8-20-12/h1-2,5,9,11,17-18H,3-4,6-8H2,(H,15,19)/t9-,11+/m1/s1. The van der Waals surface area contributed by atoms with E-state index >= 15 is 0 Å². The van der Waals surface area contributed by atoms with Crippen LogP contribution >= 0.6 is 0 Å². The number of rotatable bonds is 2. The van der Waals surface area contributed by atoms with Crippen molar-refractivity contribution in [2.24, 2.45) is 5.92 Å². The van der Waals surface area contributed by atoms with Gasteiger partial charge in [0.05, 0.1) is 6.10 Å². The smallest absolute Gasteiger partial charge is 0.321 e. The number of β-amino-alcohol motifs (C(OH)–C–C–N with tert-alkyl or cyclic N) is 1. The summed E-state index contributed by atoms with van der Waals surface area (Å²) in [4.78, 5) is 13.7. The molecule has 0 saturated carbocycles. The van der Waals surface area contributed by atoms with Crippen LogP contribution in [0.3, 0.4) is 0 Å². The first-order valence-corrected chi connectivity index (χ1v) is 6.92. The second-order valence-electron chi connectivity index (χ2n) is 5.24. The molecular formula is C14H18N2O5. The van der Waals surface area contributed by atoms with Gasteiger partial charge in [-0.3, -0.25) is 0 Å². The molecule has 2 atom stereocenters. The molecule has 0 aliphatic carbocycles. The monoisotopic (exact) mass is 294 g/mol. The van der Waals surface area contributed by atoms with E-state index in [2.05, 4.69) is 5.32 Å². The summed E-state index contributed by atoms with van der Waals surface area (Å²) in [6.07, 6.45) is -0.0991. The molecule has 1 aromatic rings. The molecule has 1 fully saturated rings. The highest BCUT2D eigenvalue weighted by Crippen LogP contribution is 2.34. The predicted molar refractivity (Wildman–Crippen MR) is 74.4 cm³/mol. The Morgan fingerprint density at radius 1 is 1.38 bits per heavy atom. The van der Waals surface area contributed by atoms with Crippen LogP contribution in [-0.4, -0.2) is 53.7 Å². The van der Waals surface area contributed by atoms with E-state index in [0.29, 0.717) is 30.2 Å². The Bertz CT molecular complexity index is 536. The highest BCUT2D eigenvalue weighted by atomic mass is 16.7. The van der Waals surface area contributed by atoms with Gasteiger partial charge < -0.3 is 29.9 Å². The molecule has 1 aromatic carbocycles. The number of urea groups is 1. The molecule has 3 N–H and O–H groups in total. The molecule has 0 aromatic heterocycles. The van der Waals surface area contributed by atoms with E-state index in [0.717, 1.165) is 0 Å². The van der Waals surface area contributed by atoms with Gasteiger partial charge in [0.15, 0.2) is 11.5 Å². The van der Waals surface area contributed by atoms with Crippen LogP contribution in [-0.2, 0) is 0 Å². The minimum absolute atomic E-state index is 0.0568. The number of amides is 2. The number of nitrogens with one attached hydrogen (secondary N) is 1. The molecule has 1 saturated heterocycles. The Morgan fingerprint density at radius 2 is 2.19 bits per heavy atom. The van der Waals surface area contributed by atoms with Crippen LogP contribution in [0.5, 0.6) is 11.5 Å². The van der Waals surface area contributed by atoms with Crippen LogP contribution in [0, 0.1) is 5.92 Å². The lowest BCUT2D eigenvalue weighted by Gasteiger charge is -2.35. The van der Waals surface area contributed by atoms with Crippen molar-refractivity contribution in [2.45, 2.75) is 12.5 Å². The summed E-state index contributed by atoms with van der Waals surface area (Å²) in [6.45, 7) is 0.868. The van der Waals surface area contributed by atoms with Crippen LogP contribution < -0.4 is 14.8 Å². The number of carbonyl (C=O) groups is 1. The minimum Gasteiger partial charge on any atom is -0.454 e. The number of aliphatic hydroxyl groups excluding tert-OH is 2. The van der Waals surface area contributed by atoms with Crippen LogP contribution in [0.4, 0.5) is 10.5 Å². The second kappa shape index (κ2) is 5.79. The summed E-state index contributed by atoms with van der Waals surface area (Å²) >= 11 is 0. The Balaban J connectivity index is 1.61. The molecule has 2 aliphatic rings. The number of hydrogen-bond acceptors (Lipinski definition) is 5. The maximum atomic E-state index is 12.2. The fraction of sp³-hybridized carbons (Fsp3) is 0.500. The molecule has 0 radical (unpaired) electrons. The zero-order valence-electron chi connectivity index (χ0n) is 11.5. The largest absolute Gasteiger partial charge is 0.454 e. The number of ether oxygens (including phenoxy) is 2. The van der Waals surface area contributed by atoms with Gasteiger partial charge in [-0.2, -0.15) is 0 Å². The van der Waals surface area contributed by atoms with E-state index < -0.39 is 6.10 Å². The van der Waals surface area contributed by atoms with E-state index in [1.807, 2.05) is 0 Å². The zero-order chi connectivity index (χ0) is 14.8. The lowest BCUT2D eigenvalue weighted by Crippen LogP contribution is -2.49. The number of likely N-dealkylation sites (tertiary alicyclic amines) is 1. The molecule has 2 amide bonds. The minimum atomic E-state index is -0.689. The summed E-state index contributed by atoms with van der Waals surface area (Å²) in [7, 11) is 0. The number of benzene rings is 1. The van der Waals surface area contributed by atoms with Crippen molar-refractivity contribution in [1.82, 2.24) is 4.90 Å². The average Bonchev–Trinajstić information content (AvgIpc) is 2.94. The molecule has 21 heavy (non-hydrogen) atoms. The molecule has 114 valence electrons. The van der Waals surface area contributed by atoms with Crippen molar-refractivity contribution in [3.63, 3.8) is 0 Å². The quantitative estimate of drug-likeness (QED) is 0.744. The SMILES string of the molecule is O=C(Nc1ccc2c(c1)OCO2)N1CC[C@H](CO)[C@@H](O)C1.